The Kier molecular flexibility index (Phi) is 3.43. The average Bonchev–Trinajstić information content (AvgIpc) is 2.58. The molecule has 2 atom stereocenters. The van der Waals surface area contributed by atoms with Crippen LogP contribution in [0.15, 0.2) is 11.2 Å². The minimum Gasteiger partial charge on any atom is -0.255 e. The van der Waals surface area contributed by atoms with Gasteiger partial charge in [-0.15, -0.1) is 11.6 Å². The van der Waals surface area contributed by atoms with Crippen molar-refractivity contribution in [3.05, 3.63) is 11.2 Å². The lowest BCUT2D eigenvalue weighted by atomic mass is 9.67. The van der Waals surface area contributed by atoms with E-state index >= 15 is 0 Å². The van der Waals surface area contributed by atoms with Gasteiger partial charge in [0.25, 0.3) is 10.0 Å². The predicted octanol–water partition coefficient (Wildman–Crippen LogP) is 1.76. The molecule has 1 aromatic heterocycles. The minimum absolute atomic E-state index is 0.0158. The molecule has 1 aliphatic rings. The van der Waals surface area contributed by atoms with Gasteiger partial charge in [-0.1, -0.05) is 25.4 Å². The first-order chi connectivity index (χ1) is 8.16. The maximum absolute atomic E-state index is 12.2. The van der Waals surface area contributed by atoms with Gasteiger partial charge in [0.05, 0.1) is 11.2 Å². The highest BCUT2D eigenvalue weighted by molar-refractivity contribution is 7.89. The highest BCUT2D eigenvalue weighted by Crippen LogP contribution is 2.45. The second-order valence-electron chi connectivity index (χ2n) is 5.12. The van der Waals surface area contributed by atoms with E-state index in [0.29, 0.717) is 6.42 Å². The highest BCUT2D eigenvalue weighted by atomic mass is 35.5. The van der Waals surface area contributed by atoms with Gasteiger partial charge in [-0.2, -0.15) is 5.10 Å². The number of aromatic nitrogens is 2. The molecule has 1 aliphatic carbocycles. The fourth-order valence-corrected chi connectivity index (χ4v) is 4.41. The first kappa shape index (κ1) is 14.1. The molecular weight excluding hydrogens is 297 g/mol. The molecule has 0 saturated heterocycles. The van der Waals surface area contributed by atoms with Gasteiger partial charge in [-0.3, -0.25) is 4.68 Å². The van der Waals surface area contributed by atoms with Crippen LogP contribution in [-0.4, -0.2) is 29.6 Å². The van der Waals surface area contributed by atoms with Crippen molar-refractivity contribution in [2.75, 3.05) is 0 Å². The van der Waals surface area contributed by atoms with Gasteiger partial charge >= 0.3 is 0 Å². The van der Waals surface area contributed by atoms with Crippen molar-refractivity contribution in [2.45, 2.75) is 36.7 Å². The summed E-state index contributed by atoms with van der Waals surface area (Å²) in [5.41, 5.74) is -0.264. The third kappa shape index (κ3) is 2.15. The summed E-state index contributed by atoms with van der Waals surface area (Å²) in [6.07, 6.45) is 1.93. The summed E-state index contributed by atoms with van der Waals surface area (Å²) in [6, 6.07) is -0.184. The van der Waals surface area contributed by atoms with Crippen LogP contribution < -0.4 is 4.72 Å². The van der Waals surface area contributed by atoms with Crippen molar-refractivity contribution in [3.8, 4) is 0 Å². The largest absolute Gasteiger partial charge is 0.259 e. The quantitative estimate of drug-likeness (QED) is 0.865. The standard InChI is InChI=1S/C10H15Cl2N3O2S/c1-10(2)7(12)4-8(10)14-18(16,17)9-6(11)5-13-15(9)3/h5,7-8,14H,4H2,1-3H3. The van der Waals surface area contributed by atoms with E-state index in [9.17, 15) is 8.42 Å². The first-order valence-electron chi connectivity index (χ1n) is 5.50. The van der Waals surface area contributed by atoms with Crippen molar-refractivity contribution in [1.29, 1.82) is 0 Å². The Morgan fingerprint density at radius 1 is 1.56 bits per heavy atom. The van der Waals surface area contributed by atoms with Gasteiger partial charge in [0, 0.05) is 18.5 Å². The van der Waals surface area contributed by atoms with Crippen molar-refractivity contribution in [2.24, 2.45) is 12.5 Å². The van der Waals surface area contributed by atoms with E-state index in [1.807, 2.05) is 13.8 Å². The molecule has 102 valence electrons. The SMILES string of the molecule is Cn1ncc(Cl)c1S(=O)(=O)NC1CC(Cl)C1(C)C. The number of rotatable bonds is 3. The molecule has 1 N–H and O–H groups in total. The minimum atomic E-state index is -3.67. The lowest BCUT2D eigenvalue weighted by Gasteiger charge is -2.48. The molecule has 0 aliphatic heterocycles. The molecule has 5 nitrogen and oxygen atoms in total. The fourth-order valence-electron chi connectivity index (χ4n) is 2.02. The van der Waals surface area contributed by atoms with Crippen LogP contribution >= 0.6 is 23.2 Å². The van der Waals surface area contributed by atoms with E-state index < -0.39 is 10.0 Å². The van der Waals surface area contributed by atoms with Crippen LogP contribution in [-0.2, 0) is 17.1 Å². The van der Waals surface area contributed by atoms with E-state index in [4.69, 9.17) is 23.2 Å². The van der Waals surface area contributed by atoms with Crippen LogP contribution in [0.3, 0.4) is 0 Å². The van der Waals surface area contributed by atoms with Crippen LogP contribution in [0, 0.1) is 5.41 Å². The summed E-state index contributed by atoms with van der Waals surface area (Å²) in [5.74, 6) is 0. The summed E-state index contributed by atoms with van der Waals surface area (Å²) in [5, 5.41) is 3.90. The summed E-state index contributed by atoms with van der Waals surface area (Å²) in [4.78, 5) is 0. The van der Waals surface area contributed by atoms with Crippen molar-refractivity contribution in [3.63, 3.8) is 0 Å². The van der Waals surface area contributed by atoms with Crippen LogP contribution in [0.2, 0.25) is 5.02 Å². The van der Waals surface area contributed by atoms with Crippen LogP contribution in [0.25, 0.3) is 0 Å². The number of nitrogens with zero attached hydrogens (tertiary/aromatic N) is 2. The lowest BCUT2D eigenvalue weighted by Crippen LogP contribution is -2.59. The molecule has 1 heterocycles. The average molecular weight is 312 g/mol. The summed E-state index contributed by atoms with van der Waals surface area (Å²) in [6.45, 7) is 3.87. The number of halogens is 2. The summed E-state index contributed by atoms with van der Waals surface area (Å²) < 4.78 is 28.4. The zero-order chi connectivity index (χ0) is 13.7. The van der Waals surface area contributed by atoms with E-state index in [-0.39, 0.29) is 26.9 Å². The Morgan fingerprint density at radius 3 is 2.56 bits per heavy atom. The van der Waals surface area contributed by atoms with Gasteiger partial charge in [-0.25, -0.2) is 13.1 Å². The first-order valence-corrected chi connectivity index (χ1v) is 7.80. The molecule has 1 fully saturated rings. The lowest BCUT2D eigenvalue weighted by molar-refractivity contribution is 0.137. The Balaban J connectivity index is 2.25. The smallest absolute Gasteiger partial charge is 0.255 e. The Morgan fingerprint density at radius 2 is 2.17 bits per heavy atom. The highest BCUT2D eigenvalue weighted by Gasteiger charge is 2.49. The van der Waals surface area contributed by atoms with Gasteiger partial charge in [0.2, 0.25) is 0 Å². The molecule has 2 rings (SSSR count). The predicted molar refractivity (Wildman–Crippen MR) is 70.4 cm³/mol. The number of hydrogen-bond donors (Lipinski definition) is 1. The molecule has 0 bridgehead atoms. The number of nitrogens with one attached hydrogen (secondary N) is 1. The maximum atomic E-state index is 12.2. The zero-order valence-electron chi connectivity index (χ0n) is 10.3. The van der Waals surface area contributed by atoms with Crippen molar-refractivity contribution in [1.82, 2.24) is 14.5 Å². The van der Waals surface area contributed by atoms with E-state index in [2.05, 4.69) is 9.82 Å². The topological polar surface area (TPSA) is 64.0 Å². The molecule has 0 radical (unpaired) electrons. The molecule has 1 saturated carbocycles. The normalized spacial score (nSPS) is 26.9. The monoisotopic (exact) mass is 311 g/mol. The fraction of sp³-hybridized carbons (Fsp3) is 0.700. The van der Waals surface area contributed by atoms with Gasteiger partial charge in [0.1, 0.15) is 0 Å². The van der Waals surface area contributed by atoms with Gasteiger partial charge in [-0.05, 0) is 11.8 Å². The molecule has 0 amide bonds. The Bertz CT molecular complexity index is 548. The Labute approximate surface area is 117 Å². The maximum Gasteiger partial charge on any atom is 0.259 e. The number of hydrogen-bond acceptors (Lipinski definition) is 3. The van der Waals surface area contributed by atoms with E-state index in [0.717, 1.165) is 0 Å². The molecule has 1 aromatic rings. The van der Waals surface area contributed by atoms with Crippen LogP contribution in [0.1, 0.15) is 20.3 Å². The summed E-state index contributed by atoms with van der Waals surface area (Å²) in [7, 11) is -2.13. The molecular formula is C10H15Cl2N3O2S. The zero-order valence-corrected chi connectivity index (χ0v) is 12.6. The Hall–Kier alpha value is -0.300. The molecule has 8 heteroatoms. The van der Waals surface area contributed by atoms with Gasteiger partial charge < -0.3 is 0 Å². The van der Waals surface area contributed by atoms with E-state index in [1.165, 1.54) is 17.9 Å². The van der Waals surface area contributed by atoms with Crippen LogP contribution in [0.5, 0.6) is 0 Å². The van der Waals surface area contributed by atoms with Crippen LogP contribution in [0.4, 0.5) is 0 Å². The van der Waals surface area contributed by atoms with Gasteiger partial charge in [0.15, 0.2) is 5.03 Å². The molecule has 0 aromatic carbocycles. The second-order valence-corrected chi connectivity index (χ2v) is 7.68. The van der Waals surface area contributed by atoms with E-state index in [1.54, 1.807) is 0 Å². The number of alkyl halides is 1. The van der Waals surface area contributed by atoms with Crippen molar-refractivity contribution < 1.29 is 8.42 Å². The number of sulfonamides is 1. The number of aryl methyl sites for hydroxylation is 1. The molecule has 18 heavy (non-hydrogen) atoms. The van der Waals surface area contributed by atoms with Crippen molar-refractivity contribution >= 4 is 33.2 Å². The summed E-state index contributed by atoms with van der Waals surface area (Å²) >= 11 is 11.9. The molecule has 2 unspecified atom stereocenters. The third-order valence-electron chi connectivity index (χ3n) is 3.54. The second kappa shape index (κ2) is 4.37. The third-order valence-corrected chi connectivity index (χ3v) is 6.26. The molecule has 0 spiro atoms.